The molecule has 1 N–H and O–H groups in total. The van der Waals surface area contributed by atoms with Gasteiger partial charge in [0.25, 0.3) is 0 Å². The van der Waals surface area contributed by atoms with E-state index < -0.39 is 0 Å². The lowest BCUT2D eigenvalue weighted by Gasteiger charge is -2.25. The second-order valence-corrected chi connectivity index (χ2v) is 3.02. The molecule has 1 aliphatic heterocycles. The van der Waals surface area contributed by atoms with Crippen LogP contribution < -0.4 is 10.1 Å². The van der Waals surface area contributed by atoms with E-state index in [9.17, 15) is 0 Å². The Balaban J connectivity index is 2.37. The van der Waals surface area contributed by atoms with E-state index in [2.05, 4.69) is 17.4 Å². The van der Waals surface area contributed by atoms with E-state index >= 15 is 0 Å². The third-order valence-electron chi connectivity index (χ3n) is 2.31. The van der Waals surface area contributed by atoms with E-state index in [4.69, 9.17) is 4.74 Å². The summed E-state index contributed by atoms with van der Waals surface area (Å²) in [5, 5.41) is 3.28. The standard InChI is InChI=1S/C10H13NO/c1-11-9-6-7-12-10-5-3-2-4-8(9)10/h2-5,9,11H,6-7H2,1H3/t9-/m1/s1. The van der Waals surface area contributed by atoms with E-state index in [0.29, 0.717) is 6.04 Å². The average molecular weight is 163 g/mol. The SMILES string of the molecule is CN[C@@H]1CCOc2ccccc21. The number of para-hydroxylation sites is 1. The van der Waals surface area contributed by atoms with Crippen molar-refractivity contribution in [2.45, 2.75) is 12.5 Å². The molecule has 2 nitrogen and oxygen atoms in total. The summed E-state index contributed by atoms with van der Waals surface area (Å²) < 4.78 is 5.52. The van der Waals surface area contributed by atoms with Crippen molar-refractivity contribution in [2.75, 3.05) is 13.7 Å². The van der Waals surface area contributed by atoms with E-state index in [-0.39, 0.29) is 0 Å². The second kappa shape index (κ2) is 3.15. The van der Waals surface area contributed by atoms with Gasteiger partial charge in [-0.2, -0.15) is 0 Å². The summed E-state index contributed by atoms with van der Waals surface area (Å²) in [6.45, 7) is 0.822. The highest BCUT2D eigenvalue weighted by Crippen LogP contribution is 2.30. The predicted octanol–water partition coefficient (Wildman–Crippen LogP) is 1.73. The number of fused-ring (bicyclic) bond motifs is 1. The van der Waals surface area contributed by atoms with Crippen LogP contribution in [-0.4, -0.2) is 13.7 Å². The molecule has 1 aromatic rings. The molecule has 0 radical (unpaired) electrons. The second-order valence-electron chi connectivity index (χ2n) is 3.02. The van der Waals surface area contributed by atoms with Gasteiger partial charge in [-0.25, -0.2) is 0 Å². The zero-order valence-electron chi connectivity index (χ0n) is 7.21. The lowest BCUT2D eigenvalue weighted by atomic mass is 10.0. The van der Waals surface area contributed by atoms with Gasteiger partial charge in [0, 0.05) is 18.0 Å². The Bertz CT molecular complexity index is 272. The molecule has 0 aromatic heterocycles. The quantitative estimate of drug-likeness (QED) is 0.680. The van der Waals surface area contributed by atoms with Crippen LogP contribution in [-0.2, 0) is 0 Å². The van der Waals surface area contributed by atoms with Gasteiger partial charge in [0.05, 0.1) is 6.61 Å². The first kappa shape index (κ1) is 7.62. The van der Waals surface area contributed by atoms with Crippen LogP contribution in [0.15, 0.2) is 24.3 Å². The van der Waals surface area contributed by atoms with Crippen molar-refractivity contribution in [1.82, 2.24) is 5.32 Å². The minimum Gasteiger partial charge on any atom is -0.493 e. The Morgan fingerprint density at radius 3 is 3.08 bits per heavy atom. The van der Waals surface area contributed by atoms with Gasteiger partial charge in [0.1, 0.15) is 5.75 Å². The number of ether oxygens (including phenoxy) is 1. The molecule has 64 valence electrons. The Morgan fingerprint density at radius 2 is 2.25 bits per heavy atom. The number of nitrogens with one attached hydrogen (secondary N) is 1. The first-order valence-electron chi connectivity index (χ1n) is 4.31. The van der Waals surface area contributed by atoms with Gasteiger partial charge >= 0.3 is 0 Å². The van der Waals surface area contributed by atoms with Crippen LogP contribution in [0.2, 0.25) is 0 Å². The molecule has 0 amide bonds. The fraction of sp³-hybridized carbons (Fsp3) is 0.400. The molecular weight excluding hydrogens is 150 g/mol. The maximum absolute atomic E-state index is 5.52. The molecule has 2 rings (SSSR count). The van der Waals surface area contributed by atoms with Gasteiger partial charge < -0.3 is 10.1 Å². The minimum absolute atomic E-state index is 0.468. The molecule has 1 aromatic carbocycles. The maximum Gasteiger partial charge on any atom is 0.124 e. The van der Waals surface area contributed by atoms with E-state index in [1.807, 2.05) is 19.2 Å². The molecular formula is C10H13NO. The molecule has 1 heterocycles. The van der Waals surface area contributed by atoms with Gasteiger partial charge in [-0.1, -0.05) is 18.2 Å². The van der Waals surface area contributed by atoms with E-state index in [0.717, 1.165) is 18.8 Å². The lowest BCUT2D eigenvalue weighted by Crippen LogP contribution is -2.23. The summed E-state index contributed by atoms with van der Waals surface area (Å²) in [7, 11) is 1.99. The van der Waals surface area contributed by atoms with Crippen molar-refractivity contribution in [3.05, 3.63) is 29.8 Å². The number of rotatable bonds is 1. The average Bonchev–Trinajstić information content (AvgIpc) is 2.17. The van der Waals surface area contributed by atoms with Crippen molar-refractivity contribution in [3.8, 4) is 5.75 Å². The Labute approximate surface area is 72.5 Å². The Hall–Kier alpha value is -1.02. The van der Waals surface area contributed by atoms with Crippen LogP contribution in [0.5, 0.6) is 5.75 Å². The molecule has 1 atom stereocenters. The van der Waals surface area contributed by atoms with Gasteiger partial charge in [0.2, 0.25) is 0 Å². The van der Waals surface area contributed by atoms with Crippen molar-refractivity contribution in [3.63, 3.8) is 0 Å². The molecule has 0 saturated heterocycles. The largest absolute Gasteiger partial charge is 0.493 e. The molecule has 12 heavy (non-hydrogen) atoms. The van der Waals surface area contributed by atoms with Crippen molar-refractivity contribution in [2.24, 2.45) is 0 Å². The van der Waals surface area contributed by atoms with Gasteiger partial charge in [0.15, 0.2) is 0 Å². The Morgan fingerprint density at radius 1 is 1.42 bits per heavy atom. The molecule has 1 aliphatic rings. The summed E-state index contributed by atoms with van der Waals surface area (Å²) in [4.78, 5) is 0. The topological polar surface area (TPSA) is 21.3 Å². The van der Waals surface area contributed by atoms with Crippen LogP contribution in [0, 0.1) is 0 Å². The van der Waals surface area contributed by atoms with Gasteiger partial charge in [-0.15, -0.1) is 0 Å². The molecule has 0 spiro atoms. The van der Waals surface area contributed by atoms with E-state index in [1.165, 1.54) is 5.56 Å². The third-order valence-corrected chi connectivity index (χ3v) is 2.31. The molecule has 0 aliphatic carbocycles. The first-order valence-corrected chi connectivity index (χ1v) is 4.31. The molecule has 0 fully saturated rings. The van der Waals surface area contributed by atoms with Gasteiger partial charge in [-0.3, -0.25) is 0 Å². The lowest BCUT2D eigenvalue weighted by molar-refractivity contribution is 0.257. The summed E-state index contributed by atoms with van der Waals surface area (Å²) in [6, 6.07) is 8.68. The maximum atomic E-state index is 5.52. The number of hydrogen-bond donors (Lipinski definition) is 1. The fourth-order valence-corrected chi connectivity index (χ4v) is 1.64. The summed E-state index contributed by atoms with van der Waals surface area (Å²) in [6.07, 6.45) is 1.06. The number of hydrogen-bond acceptors (Lipinski definition) is 2. The highest BCUT2D eigenvalue weighted by Gasteiger charge is 2.18. The van der Waals surface area contributed by atoms with Crippen LogP contribution in [0.1, 0.15) is 18.0 Å². The van der Waals surface area contributed by atoms with Crippen molar-refractivity contribution < 1.29 is 4.74 Å². The van der Waals surface area contributed by atoms with Crippen LogP contribution in [0.25, 0.3) is 0 Å². The van der Waals surface area contributed by atoms with E-state index in [1.54, 1.807) is 0 Å². The monoisotopic (exact) mass is 163 g/mol. The molecule has 2 heteroatoms. The first-order chi connectivity index (χ1) is 5.92. The molecule has 0 saturated carbocycles. The predicted molar refractivity (Wildman–Crippen MR) is 48.4 cm³/mol. The highest BCUT2D eigenvalue weighted by molar-refractivity contribution is 5.37. The van der Waals surface area contributed by atoms with Crippen LogP contribution in [0.3, 0.4) is 0 Å². The fourth-order valence-electron chi connectivity index (χ4n) is 1.64. The summed E-state index contributed by atoms with van der Waals surface area (Å²) in [5.74, 6) is 1.03. The molecule has 0 unspecified atom stereocenters. The van der Waals surface area contributed by atoms with Crippen molar-refractivity contribution in [1.29, 1.82) is 0 Å². The zero-order chi connectivity index (χ0) is 8.39. The molecule has 0 bridgehead atoms. The minimum atomic E-state index is 0.468. The number of benzene rings is 1. The summed E-state index contributed by atoms with van der Waals surface area (Å²) in [5.41, 5.74) is 1.28. The Kier molecular flexibility index (Phi) is 2.00. The van der Waals surface area contributed by atoms with Crippen molar-refractivity contribution >= 4 is 0 Å². The van der Waals surface area contributed by atoms with Crippen LogP contribution >= 0.6 is 0 Å². The third kappa shape index (κ3) is 1.18. The van der Waals surface area contributed by atoms with Gasteiger partial charge in [-0.05, 0) is 13.1 Å². The smallest absolute Gasteiger partial charge is 0.124 e. The van der Waals surface area contributed by atoms with Crippen LogP contribution in [0.4, 0.5) is 0 Å². The summed E-state index contributed by atoms with van der Waals surface area (Å²) >= 11 is 0. The normalized spacial score (nSPS) is 21.2. The zero-order valence-corrected chi connectivity index (χ0v) is 7.21. The highest BCUT2D eigenvalue weighted by atomic mass is 16.5.